The number of likely N-dealkylation sites (tertiary alicyclic amines) is 1. The third-order valence-corrected chi connectivity index (χ3v) is 4.86. The van der Waals surface area contributed by atoms with Gasteiger partial charge in [-0.1, -0.05) is 12.1 Å². The number of phenolic OH excluding ortho intramolecular Hbond substituents is 1. The minimum Gasteiger partial charge on any atom is -0.508 e. The number of nitrogens with zero attached hydrogens (tertiary/aromatic N) is 3. The second-order valence-electron chi connectivity index (χ2n) is 6.78. The van der Waals surface area contributed by atoms with Gasteiger partial charge >= 0.3 is 0 Å². The van der Waals surface area contributed by atoms with Crippen LogP contribution in [-0.4, -0.2) is 43.7 Å². The Morgan fingerprint density at radius 2 is 2.08 bits per heavy atom. The first-order chi connectivity index (χ1) is 12.1. The lowest BCUT2D eigenvalue weighted by atomic mass is 9.95. The number of H-pyrrole nitrogens is 1. The van der Waals surface area contributed by atoms with Crippen LogP contribution in [0.3, 0.4) is 0 Å². The van der Waals surface area contributed by atoms with Crippen LogP contribution in [0.4, 0.5) is 0 Å². The third kappa shape index (κ3) is 4.81. The summed E-state index contributed by atoms with van der Waals surface area (Å²) in [5, 5.41) is 16.3. The monoisotopic (exact) mass is 342 g/mol. The van der Waals surface area contributed by atoms with Crippen molar-refractivity contribution in [2.24, 2.45) is 0 Å². The van der Waals surface area contributed by atoms with Gasteiger partial charge in [0.2, 0.25) is 5.91 Å². The Balaban J connectivity index is 1.54. The Morgan fingerprint density at radius 3 is 2.80 bits per heavy atom. The summed E-state index contributed by atoms with van der Waals surface area (Å²) in [5.74, 6) is 1.99. The van der Waals surface area contributed by atoms with Crippen LogP contribution >= 0.6 is 0 Å². The molecule has 0 radical (unpaired) electrons. The number of aryl methyl sites for hydroxylation is 3. The third-order valence-electron chi connectivity index (χ3n) is 4.86. The highest BCUT2D eigenvalue weighted by Crippen LogP contribution is 2.23. The molecule has 1 aliphatic heterocycles. The van der Waals surface area contributed by atoms with Gasteiger partial charge in [-0.3, -0.25) is 9.89 Å². The van der Waals surface area contributed by atoms with E-state index in [1.807, 2.05) is 19.1 Å². The first-order valence-corrected chi connectivity index (χ1v) is 9.07. The van der Waals surface area contributed by atoms with Gasteiger partial charge in [0, 0.05) is 25.4 Å². The van der Waals surface area contributed by atoms with Crippen LogP contribution in [0.1, 0.15) is 49.3 Å². The van der Waals surface area contributed by atoms with Crippen LogP contribution in [0, 0.1) is 6.92 Å². The number of aromatic hydroxyl groups is 1. The van der Waals surface area contributed by atoms with Crippen LogP contribution in [-0.2, 0) is 17.6 Å². The molecule has 1 saturated heterocycles. The summed E-state index contributed by atoms with van der Waals surface area (Å²) < 4.78 is 0. The molecule has 1 amide bonds. The van der Waals surface area contributed by atoms with Gasteiger partial charge in [-0.25, -0.2) is 4.98 Å². The number of carbonyl (C=O) groups excluding carboxylic acids is 1. The molecule has 1 aromatic carbocycles. The average Bonchev–Trinajstić information content (AvgIpc) is 3.05. The molecule has 2 N–H and O–H groups in total. The number of hydrogen-bond donors (Lipinski definition) is 2. The fourth-order valence-electron chi connectivity index (χ4n) is 3.49. The number of rotatable bonds is 6. The molecule has 3 rings (SSSR count). The quantitative estimate of drug-likeness (QED) is 0.846. The second-order valence-corrected chi connectivity index (χ2v) is 6.78. The zero-order valence-electron chi connectivity index (χ0n) is 14.7. The molecule has 2 heterocycles. The number of piperidine rings is 1. The summed E-state index contributed by atoms with van der Waals surface area (Å²) in [6.07, 6.45) is 6.29. The van der Waals surface area contributed by atoms with Crippen molar-refractivity contribution in [1.29, 1.82) is 0 Å². The molecule has 1 fully saturated rings. The molecule has 25 heavy (non-hydrogen) atoms. The first kappa shape index (κ1) is 17.5. The predicted molar refractivity (Wildman–Crippen MR) is 95.2 cm³/mol. The molecule has 1 aromatic heterocycles. The van der Waals surface area contributed by atoms with E-state index in [9.17, 15) is 9.90 Å². The van der Waals surface area contributed by atoms with Crippen LogP contribution in [0.15, 0.2) is 24.3 Å². The molecule has 0 unspecified atom stereocenters. The van der Waals surface area contributed by atoms with Crippen LogP contribution in [0.25, 0.3) is 0 Å². The van der Waals surface area contributed by atoms with E-state index in [-0.39, 0.29) is 5.91 Å². The number of aromatic nitrogens is 3. The van der Waals surface area contributed by atoms with Crippen LogP contribution < -0.4 is 0 Å². The lowest BCUT2D eigenvalue weighted by Crippen LogP contribution is -2.44. The molecule has 0 spiro atoms. The zero-order chi connectivity index (χ0) is 17.6. The molecular formula is C19H26N4O2. The molecule has 1 aliphatic rings. The molecule has 6 nitrogen and oxygen atoms in total. The van der Waals surface area contributed by atoms with Crippen molar-refractivity contribution in [2.75, 3.05) is 6.54 Å². The Hall–Kier alpha value is -2.37. The van der Waals surface area contributed by atoms with Gasteiger partial charge in [0.15, 0.2) is 5.82 Å². The van der Waals surface area contributed by atoms with E-state index in [0.29, 0.717) is 30.5 Å². The van der Waals surface area contributed by atoms with Gasteiger partial charge in [0.05, 0.1) is 0 Å². The highest BCUT2D eigenvalue weighted by atomic mass is 16.3. The van der Waals surface area contributed by atoms with Gasteiger partial charge < -0.3 is 10.0 Å². The maximum absolute atomic E-state index is 12.7. The van der Waals surface area contributed by atoms with Crippen LogP contribution in [0.5, 0.6) is 5.75 Å². The summed E-state index contributed by atoms with van der Waals surface area (Å²) in [6.45, 7) is 2.72. The number of nitrogens with one attached hydrogen (secondary N) is 1. The SMILES string of the molecule is Cc1nc(CCC(=O)N2CCCC[C@@H]2CCc2ccc(O)cc2)n[nH]1. The fourth-order valence-corrected chi connectivity index (χ4v) is 3.49. The average molecular weight is 342 g/mol. The van der Waals surface area contributed by atoms with Crippen molar-refractivity contribution in [1.82, 2.24) is 20.1 Å². The van der Waals surface area contributed by atoms with Gasteiger partial charge in [0.1, 0.15) is 11.6 Å². The van der Waals surface area contributed by atoms with Crippen LogP contribution in [0.2, 0.25) is 0 Å². The Labute approximate surface area is 148 Å². The fraction of sp³-hybridized carbons (Fsp3) is 0.526. The topological polar surface area (TPSA) is 82.1 Å². The highest BCUT2D eigenvalue weighted by molar-refractivity contribution is 5.76. The van der Waals surface area contributed by atoms with Crippen molar-refractivity contribution in [3.63, 3.8) is 0 Å². The summed E-state index contributed by atoms with van der Waals surface area (Å²) in [5.41, 5.74) is 1.20. The zero-order valence-corrected chi connectivity index (χ0v) is 14.7. The summed E-state index contributed by atoms with van der Waals surface area (Å²) >= 11 is 0. The van der Waals surface area contributed by atoms with E-state index in [1.165, 1.54) is 12.0 Å². The Kier molecular flexibility index (Phi) is 5.68. The van der Waals surface area contributed by atoms with E-state index in [0.717, 1.165) is 38.1 Å². The van der Waals surface area contributed by atoms with Crippen molar-refractivity contribution >= 4 is 5.91 Å². The Bertz CT molecular complexity index is 696. The number of phenols is 1. The number of carbonyl (C=O) groups is 1. The summed E-state index contributed by atoms with van der Waals surface area (Å²) in [6, 6.07) is 7.66. The van der Waals surface area contributed by atoms with Crippen molar-refractivity contribution in [3.05, 3.63) is 41.5 Å². The maximum Gasteiger partial charge on any atom is 0.223 e. The van der Waals surface area contributed by atoms with Gasteiger partial charge in [0.25, 0.3) is 0 Å². The number of aromatic amines is 1. The molecule has 1 atom stereocenters. The van der Waals surface area contributed by atoms with E-state index in [1.54, 1.807) is 12.1 Å². The number of hydrogen-bond acceptors (Lipinski definition) is 4. The van der Waals surface area contributed by atoms with Gasteiger partial charge in [-0.05, 0) is 56.7 Å². The normalized spacial score (nSPS) is 17.6. The minimum atomic E-state index is 0.206. The maximum atomic E-state index is 12.7. The van der Waals surface area contributed by atoms with E-state index >= 15 is 0 Å². The van der Waals surface area contributed by atoms with Crippen molar-refractivity contribution in [2.45, 2.75) is 57.9 Å². The Morgan fingerprint density at radius 1 is 1.28 bits per heavy atom. The lowest BCUT2D eigenvalue weighted by Gasteiger charge is -2.36. The first-order valence-electron chi connectivity index (χ1n) is 9.07. The molecule has 6 heteroatoms. The lowest BCUT2D eigenvalue weighted by molar-refractivity contribution is -0.135. The largest absolute Gasteiger partial charge is 0.508 e. The van der Waals surface area contributed by atoms with E-state index in [4.69, 9.17) is 0 Å². The molecule has 0 aliphatic carbocycles. The molecule has 2 aromatic rings. The number of benzene rings is 1. The van der Waals surface area contributed by atoms with E-state index < -0.39 is 0 Å². The smallest absolute Gasteiger partial charge is 0.223 e. The van der Waals surface area contributed by atoms with E-state index in [2.05, 4.69) is 20.1 Å². The van der Waals surface area contributed by atoms with Gasteiger partial charge in [-0.15, -0.1) is 0 Å². The molecule has 0 bridgehead atoms. The predicted octanol–water partition coefficient (Wildman–Crippen LogP) is 2.77. The molecule has 0 saturated carbocycles. The second kappa shape index (κ2) is 8.14. The standard InChI is InChI=1S/C19H26N4O2/c1-14-20-18(22-21-14)11-12-19(25)23-13-3-2-4-16(23)8-5-15-6-9-17(24)10-7-15/h6-7,9-10,16,24H,2-5,8,11-13H2,1H3,(H,20,21,22)/t16-/m1/s1. The highest BCUT2D eigenvalue weighted by Gasteiger charge is 2.26. The summed E-state index contributed by atoms with van der Waals surface area (Å²) in [4.78, 5) is 19.0. The minimum absolute atomic E-state index is 0.206. The van der Waals surface area contributed by atoms with Crippen molar-refractivity contribution < 1.29 is 9.90 Å². The molecule has 134 valence electrons. The molecular weight excluding hydrogens is 316 g/mol. The number of amides is 1. The summed E-state index contributed by atoms with van der Waals surface area (Å²) in [7, 11) is 0. The van der Waals surface area contributed by atoms with Crippen molar-refractivity contribution in [3.8, 4) is 5.75 Å². The van der Waals surface area contributed by atoms with Gasteiger partial charge in [-0.2, -0.15) is 5.10 Å².